The van der Waals surface area contributed by atoms with Crippen LogP contribution >= 0.6 is 11.3 Å². The van der Waals surface area contributed by atoms with Crippen LogP contribution in [0.25, 0.3) is 10.2 Å². The monoisotopic (exact) mass is 334 g/mol. The standard InChI is InChI=1S/C16H22N4O2S/c1-5-22-10-12(1)14(20-3-6-21-7-4-20)9-17-15-13-2-8-23-16(13)19-11-18-15/h2,8,11-12,14H,1,3-7,9-10H2,(H,17,18,19). The highest BCUT2D eigenvalue weighted by Gasteiger charge is 2.31. The number of hydrogen-bond donors (Lipinski definition) is 1. The molecule has 0 aliphatic carbocycles. The fourth-order valence-electron chi connectivity index (χ4n) is 3.49. The molecule has 2 saturated heterocycles. The molecular formula is C16H22N4O2S. The van der Waals surface area contributed by atoms with E-state index in [1.54, 1.807) is 17.7 Å². The highest BCUT2D eigenvalue weighted by molar-refractivity contribution is 7.16. The van der Waals surface area contributed by atoms with E-state index in [1.165, 1.54) is 0 Å². The molecule has 7 heteroatoms. The van der Waals surface area contributed by atoms with Gasteiger partial charge in [0.1, 0.15) is 17.0 Å². The van der Waals surface area contributed by atoms with Crippen LogP contribution in [0.3, 0.4) is 0 Å². The molecule has 0 saturated carbocycles. The topological polar surface area (TPSA) is 59.5 Å². The summed E-state index contributed by atoms with van der Waals surface area (Å²) in [6.07, 6.45) is 2.78. The van der Waals surface area contributed by atoms with Gasteiger partial charge in [0.25, 0.3) is 0 Å². The molecule has 2 atom stereocenters. The number of ether oxygens (including phenoxy) is 2. The average Bonchev–Trinajstić information content (AvgIpc) is 3.28. The van der Waals surface area contributed by atoms with Crippen molar-refractivity contribution in [2.75, 3.05) is 51.4 Å². The van der Waals surface area contributed by atoms with Crippen LogP contribution in [0, 0.1) is 5.92 Å². The summed E-state index contributed by atoms with van der Waals surface area (Å²) in [7, 11) is 0. The van der Waals surface area contributed by atoms with E-state index in [-0.39, 0.29) is 0 Å². The Labute approximate surface area is 139 Å². The van der Waals surface area contributed by atoms with E-state index >= 15 is 0 Å². The van der Waals surface area contributed by atoms with Gasteiger partial charge in [0.05, 0.1) is 25.2 Å². The Kier molecular flexibility index (Phi) is 4.70. The highest BCUT2D eigenvalue weighted by Crippen LogP contribution is 2.26. The Bertz CT molecular complexity index is 638. The lowest BCUT2D eigenvalue weighted by molar-refractivity contribution is 0.00460. The van der Waals surface area contributed by atoms with Crippen molar-refractivity contribution in [2.45, 2.75) is 12.5 Å². The molecule has 2 aromatic heterocycles. The van der Waals surface area contributed by atoms with Crippen molar-refractivity contribution in [1.29, 1.82) is 0 Å². The van der Waals surface area contributed by atoms with Crippen molar-refractivity contribution < 1.29 is 9.47 Å². The molecule has 2 unspecified atom stereocenters. The molecule has 4 heterocycles. The Hall–Kier alpha value is -1.28. The number of rotatable bonds is 5. The van der Waals surface area contributed by atoms with Crippen LogP contribution in [0.2, 0.25) is 0 Å². The normalized spacial score (nSPS) is 24.1. The van der Waals surface area contributed by atoms with Crippen molar-refractivity contribution in [2.24, 2.45) is 5.92 Å². The van der Waals surface area contributed by atoms with E-state index in [2.05, 4.69) is 31.6 Å². The summed E-state index contributed by atoms with van der Waals surface area (Å²) >= 11 is 1.65. The maximum absolute atomic E-state index is 5.63. The fraction of sp³-hybridized carbons (Fsp3) is 0.625. The second-order valence-electron chi connectivity index (χ2n) is 6.08. The van der Waals surface area contributed by atoms with E-state index in [1.807, 2.05) is 0 Å². The summed E-state index contributed by atoms with van der Waals surface area (Å²) in [5.41, 5.74) is 0. The Balaban J connectivity index is 1.49. The number of aromatic nitrogens is 2. The third kappa shape index (κ3) is 3.33. The molecular weight excluding hydrogens is 312 g/mol. The first kappa shape index (κ1) is 15.3. The van der Waals surface area contributed by atoms with Gasteiger partial charge >= 0.3 is 0 Å². The van der Waals surface area contributed by atoms with Crippen LogP contribution in [-0.4, -0.2) is 67.0 Å². The van der Waals surface area contributed by atoms with Crippen LogP contribution in [0.5, 0.6) is 0 Å². The molecule has 2 aromatic rings. The first-order valence-electron chi connectivity index (χ1n) is 8.23. The second kappa shape index (κ2) is 7.09. The lowest BCUT2D eigenvalue weighted by Gasteiger charge is -2.37. The molecule has 124 valence electrons. The van der Waals surface area contributed by atoms with Gasteiger partial charge in [0.15, 0.2) is 0 Å². The molecule has 1 N–H and O–H groups in total. The summed E-state index contributed by atoms with van der Waals surface area (Å²) in [5.74, 6) is 1.52. The number of fused-ring (bicyclic) bond motifs is 1. The zero-order chi connectivity index (χ0) is 15.5. The Morgan fingerprint density at radius 1 is 1.26 bits per heavy atom. The van der Waals surface area contributed by atoms with E-state index in [4.69, 9.17) is 9.47 Å². The van der Waals surface area contributed by atoms with Gasteiger partial charge in [-0.2, -0.15) is 0 Å². The number of nitrogens with zero attached hydrogens (tertiary/aromatic N) is 3. The van der Waals surface area contributed by atoms with Crippen molar-refractivity contribution in [3.05, 3.63) is 17.8 Å². The third-order valence-corrected chi connectivity index (χ3v) is 5.58. The largest absolute Gasteiger partial charge is 0.381 e. The smallest absolute Gasteiger partial charge is 0.138 e. The number of morpholine rings is 1. The molecule has 2 aliphatic heterocycles. The molecule has 2 fully saturated rings. The molecule has 23 heavy (non-hydrogen) atoms. The number of thiophene rings is 1. The predicted molar refractivity (Wildman–Crippen MR) is 91.0 cm³/mol. The van der Waals surface area contributed by atoms with Crippen LogP contribution in [0.4, 0.5) is 5.82 Å². The van der Waals surface area contributed by atoms with Gasteiger partial charge in [-0.25, -0.2) is 9.97 Å². The summed E-state index contributed by atoms with van der Waals surface area (Å²) in [5, 5.41) is 6.74. The molecule has 0 bridgehead atoms. The van der Waals surface area contributed by atoms with Gasteiger partial charge < -0.3 is 14.8 Å². The zero-order valence-electron chi connectivity index (χ0n) is 13.1. The Morgan fingerprint density at radius 2 is 2.17 bits per heavy atom. The van der Waals surface area contributed by atoms with Gasteiger partial charge in [-0.15, -0.1) is 11.3 Å². The minimum absolute atomic E-state index is 0.463. The van der Waals surface area contributed by atoms with Crippen LogP contribution < -0.4 is 5.32 Å². The molecule has 0 aromatic carbocycles. The third-order valence-electron chi connectivity index (χ3n) is 4.76. The second-order valence-corrected chi connectivity index (χ2v) is 6.98. The van der Waals surface area contributed by atoms with Crippen molar-refractivity contribution in [3.8, 4) is 0 Å². The van der Waals surface area contributed by atoms with Crippen LogP contribution in [-0.2, 0) is 9.47 Å². The molecule has 2 aliphatic rings. The predicted octanol–water partition coefficient (Wildman–Crippen LogP) is 1.84. The average molecular weight is 334 g/mol. The van der Waals surface area contributed by atoms with Crippen LogP contribution in [0.1, 0.15) is 6.42 Å². The Morgan fingerprint density at radius 3 is 3.00 bits per heavy atom. The summed E-state index contributed by atoms with van der Waals surface area (Å²) in [4.78, 5) is 12.3. The fourth-order valence-corrected chi connectivity index (χ4v) is 4.22. The first-order chi connectivity index (χ1) is 11.4. The highest BCUT2D eigenvalue weighted by atomic mass is 32.1. The van der Waals surface area contributed by atoms with Crippen molar-refractivity contribution in [1.82, 2.24) is 14.9 Å². The SMILES string of the molecule is c1nc(NCC(C2CCOC2)N2CCOCC2)c2ccsc2n1. The zero-order valence-corrected chi connectivity index (χ0v) is 13.9. The summed E-state index contributed by atoms with van der Waals surface area (Å²) in [6.45, 7) is 6.28. The van der Waals surface area contributed by atoms with Gasteiger partial charge in [-0.3, -0.25) is 4.90 Å². The maximum atomic E-state index is 5.63. The molecule has 6 nitrogen and oxygen atoms in total. The van der Waals surface area contributed by atoms with E-state index < -0.39 is 0 Å². The first-order valence-corrected chi connectivity index (χ1v) is 9.11. The molecule has 0 amide bonds. The summed E-state index contributed by atoms with van der Waals surface area (Å²) in [6, 6.07) is 2.55. The number of anilines is 1. The lowest BCUT2D eigenvalue weighted by Crippen LogP contribution is -2.50. The summed E-state index contributed by atoms with van der Waals surface area (Å²) < 4.78 is 11.1. The van der Waals surface area contributed by atoms with Gasteiger partial charge in [-0.1, -0.05) is 0 Å². The van der Waals surface area contributed by atoms with Crippen LogP contribution in [0.15, 0.2) is 17.8 Å². The molecule has 0 radical (unpaired) electrons. The number of nitrogens with one attached hydrogen (secondary N) is 1. The van der Waals surface area contributed by atoms with Gasteiger partial charge in [0.2, 0.25) is 0 Å². The van der Waals surface area contributed by atoms with Crippen molar-refractivity contribution >= 4 is 27.4 Å². The van der Waals surface area contributed by atoms with Crippen molar-refractivity contribution in [3.63, 3.8) is 0 Å². The van der Waals surface area contributed by atoms with E-state index in [0.29, 0.717) is 12.0 Å². The van der Waals surface area contributed by atoms with E-state index in [0.717, 1.165) is 68.5 Å². The molecule has 4 rings (SSSR count). The van der Waals surface area contributed by atoms with Gasteiger partial charge in [0, 0.05) is 38.2 Å². The minimum Gasteiger partial charge on any atom is -0.381 e. The number of hydrogen-bond acceptors (Lipinski definition) is 7. The van der Waals surface area contributed by atoms with Gasteiger partial charge in [-0.05, 0) is 17.9 Å². The van der Waals surface area contributed by atoms with E-state index in [9.17, 15) is 0 Å². The quantitative estimate of drug-likeness (QED) is 0.900. The maximum Gasteiger partial charge on any atom is 0.138 e. The minimum atomic E-state index is 0.463. The lowest BCUT2D eigenvalue weighted by atomic mass is 9.97. The molecule has 0 spiro atoms.